The number of halogens is 1. The number of amides is 1. The van der Waals surface area contributed by atoms with Crippen LogP contribution in [0.1, 0.15) is 15.9 Å². The Morgan fingerprint density at radius 1 is 1.37 bits per heavy atom. The van der Waals surface area contributed by atoms with Crippen LogP contribution in [0.5, 0.6) is 0 Å². The smallest absolute Gasteiger partial charge is 0.261 e. The predicted octanol–water partition coefficient (Wildman–Crippen LogP) is 2.01. The van der Waals surface area contributed by atoms with Crippen molar-refractivity contribution >= 4 is 17.3 Å². The summed E-state index contributed by atoms with van der Waals surface area (Å²) in [6.45, 7) is 0.518. The molecular weight excluding hydrogens is 245 g/mol. The number of hydrogen-bond acceptors (Lipinski definition) is 3. The molecule has 0 aliphatic carbocycles. The van der Waals surface area contributed by atoms with E-state index in [1.807, 2.05) is 6.07 Å². The van der Waals surface area contributed by atoms with Gasteiger partial charge in [-0.2, -0.15) is 0 Å². The molecule has 2 heterocycles. The number of carbonyl (C=O) groups is 1. The third kappa shape index (κ3) is 1.83. The normalized spacial score (nSPS) is 13.4. The first-order valence-corrected chi connectivity index (χ1v) is 5.97. The van der Waals surface area contributed by atoms with Gasteiger partial charge in [0, 0.05) is 29.7 Å². The monoisotopic (exact) mass is 257 g/mol. The van der Waals surface area contributed by atoms with Crippen LogP contribution in [0.2, 0.25) is 0 Å². The number of anilines is 2. The van der Waals surface area contributed by atoms with Crippen LogP contribution in [0, 0.1) is 5.82 Å². The first kappa shape index (κ1) is 11.6. The molecule has 0 bridgehead atoms. The Labute approximate surface area is 109 Å². The van der Waals surface area contributed by atoms with E-state index in [1.54, 1.807) is 17.0 Å². The summed E-state index contributed by atoms with van der Waals surface area (Å²) in [5.41, 5.74) is 8.30. The molecule has 1 aromatic carbocycles. The standard InChI is InChI=1S/C14H12FN3O/c15-11-8-17-6-4-9(11)14(19)18-7-5-10-12(16)2-1-3-13(10)18/h1-4,6,8H,5,7,16H2. The number of benzene rings is 1. The number of nitrogen functional groups attached to an aromatic ring is 1. The molecule has 5 heteroatoms. The van der Waals surface area contributed by atoms with Gasteiger partial charge in [0.05, 0.1) is 11.8 Å². The number of rotatable bonds is 1. The van der Waals surface area contributed by atoms with Gasteiger partial charge in [0.1, 0.15) is 0 Å². The van der Waals surface area contributed by atoms with Crippen molar-refractivity contribution in [1.29, 1.82) is 0 Å². The van der Waals surface area contributed by atoms with Crippen LogP contribution in [0.4, 0.5) is 15.8 Å². The molecule has 0 saturated carbocycles. The van der Waals surface area contributed by atoms with E-state index in [9.17, 15) is 9.18 Å². The topological polar surface area (TPSA) is 59.2 Å². The molecule has 0 saturated heterocycles. The Balaban J connectivity index is 2.01. The van der Waals surface area contributed by atoms with Crippen LogP contribution < -0.4 is 10.6 Å². The minimum atomic E-state index is -0.607. The summed E-state index contributed by atoms with van der Waals surface area (Å²) in [6.07, 6.45) is 3.15. The molecule has 0 unspecified atom stereocenters. The van der Waals surface area contributed by atoms with Crippen LogP contribution in [-0.2, 0) is 6.42 Å². The van der Waals surface area contributed by atoms with Crippen molar-refractivity contribution in [3.8, 4) is 0 Å². The summed E-state index contributed by atoms with van der Waals surface area (Å²) in [7, 11) is 0. The lowest BCUT2D eigenvalue weighted by molar-refractivity contribution is 0.0985. The number of nitrogens with two attached hydrogens (primary N) is 1. The van der Waals surface area contributed by atoms with Gasteiger partial charge in [0.25, 0.3) is 5.91 Å². The molecule has 0 fully saturated rings. The highest BCUT2D eigenvalue weighted by atomic mass is 19.1. The van der Waals surface area contributed by atoms with Crippen molar-refractivity contribution in [3.05, 3.63) is 53.6 Å². The summed E-state index contributed by atoms with van der Waals surface area (Å²) < 4.78 is 13.6. The van der Waals surface area contributed by atoms with Crippen molar-refractivity contribution < 1.29 is 9.18 Å². The second-order valence-electron chi connectivity index (χ2n) is 4.41. The van der Waals surface area contributed by atoms with E-state index in [2.05, 4.69) is 4.98 Å². The number of fused-ring (bicyclic) bond motifs is 1. The molecule has 1 amide bonds. The van der Waals surface area contributed by atoms with Gasteiger partial charge in [-0.15, -0.1) is 0 Å². The van der Waals surface area contributed by atoms with Crippen LogP contribution >= 0.6 is 0 Å². The summed E-state index contributed by atoms with van der Waals surface area (Å²) in [6, 6.07) is 6.82. The van der Waals surface area contributed by atoms with Crippen molar-refractivity contribution in [2.75, 3.05) is 17.2 Å². The largest absolute Gasteiger partial charge is 0.398 e. The average molecular weight is 257 g/mol. The molecule has 1 aromatic heterocycles. The molecule has 1 aliphatic heterocycles. The molecule has 3 rings (SSSR count). The van der Waals surface area contributed by atoms with Gasteiger partial charge in [-0.05, 0) is 24.6 Å². The fourth-order valence-electron chi connectivity index (χ4n) is 2.37. The van der Waals surface area contributed by atoms with Gasteiger partial charge in [-0.25, -0.2) is 4.39 Å². The van der Waals surface area contributed by atoms with E-state index in [0.29, 0.717) is 18.7 Å². The average Bonchev–Trinajstić information content (AvgIpc) is 2.84. The van der Waals surface area contributed by atoms with E-state index in [4.69, 9.17) is 5.73 Å². The number of pyridine rings is 1. The van der Waals surface area contributed by atoms with Gasteiger partial charge in [-0.1, -0.05) is 6.07 Å². The van der Waals surface area contributed by atoms with Gasteiger partial charge >= 0.3 is 0 Å². The maximum absolute atomic E-state index is 13.6. The zero-order valence-electron chi connectivity index (χ0n) is 10.1. The third-order valence-electron chi connectivity index (χ3n) is 3.31. The van der Waals surface area contributed by atoms with Crippen LogP contribution in [0.25, 0.3) is 0 Å². The van der Waals surface area contributed by atoms with Gasteiger partial charge in [-0.3, -0.25) is 9.78 Å². The molecule has 1 aliphatic rings. The van der Waals surface area contributed by atoms with Gasteiger partial charge in [0.2, 0.25) is 0 Å². The zero-order chi connectivity index (χ0) is 13.4. The first-order chi connectivity index (χ1) is 9.18. The van der Waals surface area contributed by atoms with E-state index >= 15 is 0 Å². The van der Waals surface area contributed by atoms with Gasteiger partial charge in [0.15, 0.2) is 5.82 Å². The SMILES string of the molecule is Nc1cccc2c1CCN2C(=O)c1ccncc1F. The fourth-order valence-corrected chi connectivity index (χ4v) is 2.37. The lowest BCUT2D eigenvalue weighted by Crippen LogP contribution is -2.29. The first-order valence-electron chi connectivity index (χ1n) is 5.97. The Hall–Kier alpha value is -2.43. The van der Waals surface area contributed by atoms with Crippen LogP contribution in [0.3, 0.4) is 0 Å². The van der Waals surface area contributed by atoms with Crippen molar-refractivity contribution in [2.45, 2.75) is 6.42 Å². The minimum absolute atomic E-state index is 0.0327. The Morgan fingerprint density at radius 3 is 3.00 bits per heavy atom. The summed E-state index contributed by atoms with van der Waals surface area (Å²) >= 11 is 0. The summed E-state index contributed by atoms with van der Waals surface area (Å²) in [4.78, 5) is 17.6. The zero-order valence-corrected chi connectivity index (χ0v) is 10.1. The maximum Gasteiger partial charge on any atom is 0.261 e. The molecular formula is C14H12FN3O. The second kappa shape index (κ2) is 4.35. The number of carbonyl (C=O) groups excluding carboxylic acids is 1. The van der Waals surface area contributed by atoms with E-state index in [0.717, 1.165) is 17.4 Å². The highest BCUT2D eigenvalue weighted by Gasteiger charge is 2.28. The fraction of sp³-hybridized carbons (Fsp3) is 0.143. The third-order valence-corrected chi connectivity index (χ3v) is 3.31. The highest BCUT2D eigenvalue weighted by molar-refractivity contribution is 6.07. The lowest BCUT2D eigenvalue weighted by atomic mass is 10.1. The van der Waals surface area contributed by atoms with Crippen molar-refractivity contribution in [3.63, 3.8) is 0 Å². The Morgan fingerprint density at radius 2 is 2.21 bits per heavy atom. The van der Waals surface area contributed by atoms with E-state index in [1.165, 1.54) is 12.3 Å². The molecule has 0 radical (unpaired) electrons. The quantitative estimate of drug-likeness (QED) is 0.795. The minimum Gasteiger partial charge on any atom is -0.398 e. The lowest BCUT2D eigenvalue weighted by Gasteiger charge is -2.17. The Bertz CT molecular complexity index is 657. The van der Waals surface area contributed by atoms with E-state index < -0.39 is 5.82 Å². The van der Waals surface area contributed by atoms with Crippen molar-refractivity contribution in [1.82, 2.24) is 4.98 Å². The molecule has 0 atom stereocenters. The Kier molecular flexibility index (Phi) is 2.67. The second-order valence-corrected chi connectivity index (χ2v) is 4.41. The molecule has 19 heavy (non-hydrogen) atoms. The van der Waals surface area contributed by atoms with Crippen LogP contribution in [0.15, 0.2) is 36.7 Å². The van der Waals surface area contributed by atoms with E-state index in [-0.39, 0.29) is 11.5 Å². The van der Waals surface area contributed by atoms with Crippen LogP contribution in [-0.4, -0.2) is 17.4 Å². The maximum atomic E-state index is 13.6. The number of nitrogens with zero attached hydrogens (tertiary/aromatic N) is 2. The molecule has 4 nitrogen and oxygen atoms in total. The van der Waals surface area contributed by atoms with Gasteiger partial charge < -0.3 is 10.6 Å². The molecule has 0 spiro atoms. The molecule has 2 N–H and O–H groups in total. The molecule has 2 aromatic rings. The predicted molar refractivity (Wildman–Crippen MR) is 70.4 cm³/mol. The summed E-state index contributed by atoms with van der Waals surface area (Å²) in [5, 5.41) is 0. The number of aromatic nitrogens is 1. The molecule has 96 valence electrons. The number of hydrogen-bond donors (Lipinski definition) is 1. The highest BCUT2D eigenvalue weighted by Crippen LogP contribution is 2.33. The van der Waals surface area contributed by atoms with Crippen molar-refractivity contribution in [2.24, 2.45) is 0 Å². The summed E-state index contributed by atoms with van der Waals surface area (Å²) in [5.74, 6) is -0.964.